The third-order valence-corrected chi connectivity index (χ3v) is 3.59. The lowest BCUT2D eigenvalue weighted by molar-refractivity contribution is 0.891. The molecule has 112 valence electrons. The molecule has 1 aromatic carbocycles. The molecule has 2 heterocycles. The molecule has 6 nitrogen and oxygen atoms in total. The number of hydrogen-bond acceptors (Lipinski definition) is 6. The Labute approximate surface area is 136 Å². The Hall–Kier alpha value is -2.28. The Bertz CT molecular complexity index is 749. The summed E-state index contributed by atoms with van der Waals surface area (Å²) in [5.74, 6) is 1.50. The van der Waals surface area contributed by atoms with E-state index in [4.69, 9.17) is 0 Å². The molecule has 0 unspecified atom stereocenters. The van der Waals surface area contributed by atoms with Crippen molar-refractivity contribution >= 4 is 38.6 Å². The SMILES string of the molecule is Brc1ccc2ncnc(NCCCNc3ncccn3)c2c1. The molecular weight excluding hydrogens is 344 g/mol. The Morgan fingerprint density at radius 2 is 1.77 bits per heavy atom. The molecule has 0 bridgehead atoms. The van der Waals surface area contributed by atoms with E-state index in [0.717, 1.165) is 40.7 Å². The Kier molecular flexibility index (Phi) is 4.75. The lowest BCUT2D eigenvalue weighted by Crippen LogP contribution is -2.11. The molecule has 22 heavy (non-hydrogen) atoms. The van der Waals surface area contributed by atoms with Gasteiger partial charge < -0.3 is 10.6 Å². The summed E-state index contributed by atoms with van der Waals surface area (Å²) < 4.78 is 1.01. The van der Waals surface area contributed by atoms with Gasteiger partial charge in [0.15, 0.2) is 0 Å². The van der Waals surface area contributed by atoms with Crippen molar-refractivity contribution in [2.45, 2.75) is 6.42 Å². The van der Waals surface area contributed by atoms with Crippen molar-refractivity contribution < 1.29 is 0 Å². The van der Waals surface area contributed by atoms with E-state index in [1.165, 1.54) is 0 Å². The van der Waals surface area contributed by atoms with Crippen LogP contribution in [0.4, 0.5) is 11.8 Å². The van der Waals surface area contributed by atoms with Crippen LogP contribution in [0.1, 0.15) is 6.42 Å². The first-order valence-corrected chi connectivity index (χ1v) is 7.77. The highest BCUT2D eigenvalue weighted by Crippen LogP contribution is 2.23. The van der Waals surface area contributed by atoms with Crippen LogP contribution in [0, 0.1) is 0 Å². The number of rotatable bonds is 6. The van der Waals surface area contributed by atoms with E-state index >= 15 is 0 Å². The highest BCUT2D eigenvalue weighted by atomic mass is 79.9. The van der Waals surface area contributed by atoms with Crippen LogP contribution in [-0.4, -0.2) is 33.0 Å². The van der Waals surface area contributed by atoms with Crippen LogP contribution in [0.25, 0.3) is 10.9 Å². The summed E-state index contributed by atoms with van der Waals surface area (Å²) in [5.41, 5.74) is 0.927. The molecule has 0 aliphatic carbocycles. The summed E-state index contributed by atoms with van der Waals surface area (Å²) in [5, 5.41) is 7.53. The summed E-state index contributed by atoms with van der Waals surface area (Å²) >= 11 is 3.48. The first-order valence-electron chi connectivity index (χ1n) is 6.98. The summed E-state index contributed by atoms with van der Waals surface area (Å²) in [6.45, 7) is 1.60. The van der Waals surface area contributed by atoms with Crippen molar-refractivity contribution in [2.75, 3.05) is 23.7 Å². The average Bonchev–Trinajstić information content (AvgIpc) is 2.56. The third kappa shape index (κ3) is 3.67. The molecule has 0 atom stereocenters. The Balaban J connectivity index is 1.55. The zero-order valence-corrected chi connectivity index (χ0v) is 13.4. The molecule has 0 saturated heterocycles. The molecular formula is C15H15BrN6. The van der Waals surface area contributed by atoms with Crippen molar-refractivity contribution in [1.29, 1.82) is 0 Å². The number of halogens is 1. The van der Waals surface area contributed by atoms with Crippen LogP contribution in [-0.2, 0) is 0 Å². The van der Waals surface area contributed by atoms with Crippen LogP contribution < -0.4 is 10.6 Å². The molecule has 0 fully saturated rings. The van der Waals surface area contributed by atoms with Crippen LogP contribution in [0.3, 0.4) is 0 Å². The molecule has 3 rings (SSSR count). The second-order valence-corrected chi connectivity index (χ2v) is 5.58. The fraction of sp³-hybridized carbons (Fsp3) is 0.200. The third-order valence-electron chi connectivity index (χ3n) is 3.09. The van der Waals surface area contributed by atoms with Gasteiger partial charge in [0, 0.05) is 35.3 Å². The Morgan fingerprint density at radius 1 is 0.955 bits per heavy atom. The first kappa shape index (κ1) is 14.6. The molecule has 0 saturated carbocycles. The lowest BCUT2D eigenvalue weighted by Gasteiger charge is -2.09. The van der Waals surface area contributed by atoms with Gasteiger partial charge in [-0.2, -0.15) is 0 Å². The number of benzene rings is 1. The van der Waals surface area contributed by atoms with Gasteiger partial charge >= 0.3 is 0 Å². The van der Waals surface area contributed by atoms with Gasteiger partial charge in [-0.1, -0.05) is 15.9 Å². The minimum absolute atomic E-state index is 0.652. The van der Waals surface area contributed by atoms with E-state index in [1.807, 2.05) is 18.2 Å². The van der Waals surface area contributed by atoms with E-state index in [0.29, 0.717) is 5.95 Å². The maximum Gasteiger partial charge on any atom is 0.222 e. The molecule has 7 heteroatoms. The van der Waals surface area contributed by atoms with Crippen molar-refractivity contribution in [2.24, 2.45) is 0 Å². The van der Waals surface area contributed by atoms with Gasteiger partial charge in [-0.25, -0.2) is 19.9 Å². The van der Waals surface area contributed by atoms with Gasteiger partial charge in [-0.15, -0.1) is 0 Å². The first-order chi connectivity index (χ1) is 10.8. The Morgan fingerprint density at radius 3 is 2.64 bits per heavy atom. The summed E-state index contributed by atoms with van der Waals surface area (Å²) in [4.78, 5) is 16.8. The normalized spacial score (nSPS) is 10.6. The molecule has 0 amide bonds. The largest absolute Gasteiger partial charge is 0.369 e. The van der Waals surface area contributed by atoms with Crippen LogP contribution in [0.15, 0.2) is 47.5 Å². The summed E-state index contributed by atoms with van der Waals surface area (Å²) in [7, 11) is 0. The van der Waals surface area contributed by atoms with Crippen molar-refractivity contribution in [3.63, 3.8) is 0 Å². The lowest BCUT2D eigenvalue weighted by atomic mass is 10.2. The average molecular weight is 359 g/mol. The zero-order chi connectivity index (χ0) is 15.2. The van der Waals surface area contributed by atoms with Gasteiger partial charge in [0.1, 0.15) is 12.1 Å². The molecule has 0 spiro atoms. The molecule has 2 aromatic heterocycles. The van der Waals surface area contributed by atoms with Gasteiger partial charge in [0.25, 0.3) is 0 Å². The minimum Gasteiger partial charge on any atom is -0.369 e. The topological polar surface area (TPSA) is 75.6 Å². The van der Waals surface area contributed by atoms with Crippen LogP contribution in [0.2, 0.25) is 0 Å². The van der Waals surface area contributed by atoms with Gasteiger partial charge in [0.2, 0.25) is 5.95 Å². The number of hydrogen-bond donors (Lipinski definition) is 2. The second kappa shape index (κ2) is 7.13. The molecule has 2 N–H and O–H groups in total. The zero-order valence-electron chi connectivity index (χ0n) is 11.8. The molecule has 3 aromatic rings. The minimum atomic E-state index is 0.652. The maximum atomic E-state index is 4.32. The van der Waals surface area contributed by atoms with E-state index in [1.54, 1.807) is 24.8 Å². The van der Waals surface area contributed by atoms with E-state index in [9.17, 15) is 0 Å². The predicted octanol–water partition coefficient (Wildman–Crippen LogP) is 3.10. The molecule has 0 radical (unpaired) electrons. The standard InChI is InChI=1S/C15H15BrN6/c16-11-3-4-13-12(9-11)14(22-10-21-13)17-5-1-6-18-15-19-7-2-8-20-15/h2-4,7-10H,1,5-6H2,(H,17,21,22)(H,18,19,20). The number of nitrogens with zero attached hydrogens (tertiary/aromatic N) is 4. The highest BCUT2D eigenvalue weighted by molar-refractivity contribution is 9.10. The highest BCUT2D eigenvalue weighted by Gasteiger charge is 2.03. The quantitative estimate of drug-likeness (QED) is 0.659. The smallest absolute Gasteiger partial charge is 0.222 e. The second-order valence-electron chi connectivity index (χ2n) is 4.66. The van der Waals surface area contributed by atoms with E-state index < -0.39 is 0 Å². The van der Waals surface area contributed by atoms with Crippen molar-refractivity contribution in [3.8, 4) is 0 Å². The number of aromatic nitrogens is 4. The molecule has 0 aliphatic rings. The fourth-order valence-corrected chi connectivity index (χ4v) is 2.42. The van der Waals surface area contributed by atoms with Gasteiger partial charge in [-0.3, -0.25) is 0 Å². The van der Waals surface area contributed by atoms with Gasteiger partial charge in [0.05, 0.1) is 5.52 Å². The number of nitrogens with one attached hydrogen (secondary N) is 2. The number of anilines is 2. The summed E-state index contributed by atoms with van der Waals surface area (Å²) in [6.07, 6.45) is 5.95. The maximum absolute atomic E-state index is 4.32. The van der Waals surface area contributed by atoms with Crippen LogP contribution in [0.5, 0.6) is 0 Å². The predicted molar refractivity (Wildman–Crippen MR) is 90.9 cm³/mol. The monoisotopic (exact) mass is 358 g/mol. The van der Waals surface area contributed by atoms with Gasteiger partial charge in [-0.05, 0) is 30.7 Å². The van der Waals surface area contributed by atoms with Crippen molar-refractivity contribution in [1.82, 2.24) is 19.9 Å². The van der Waals surface area contributed by atoms with Crippen LogP contribution >= 0.6 is 15.9 Å². The van der Waals surface area contributed by atoms with E-state index in [-0.39, 0.29) is 0 Å². The number of fused-ring (bicyclic) bond motifs is 1. The fourth-order valence-electron chi connectivity index (χ4n) is 2.06. The van der Waals surface area contributed by atoms with E-state index in [2.05, 4.69) is 46.5 Å². The summed E-state index contributed by atoms with van der Waals surface area (Å²) in [6, 6.07) is 7.77. The molecule has 0 aliphatic heterocycles. The van der Waals surface area contributed by atoms with Crippen molar-refractivity contribution in [3.05, 3.63) is 47.5 Å².